The summed E-state index contributed by atoms with van der Waals surface area (Å²) in [5.41, 5.74) is 3.92. The normalized spacial score (nSPS) is 10.9. The van der Waals surface area contributed by atoms with Crippen LogP contribution in [0.3, 0.4) is 0 Å². The molecule has 0 aliphatic carbocycles. The van der Waals surface area contributed by atoms with Gasteiger partial charge in [0.15, 0.2) is 11.0 Å². The predicted octanol–water partition coefficient (Wildman–Crippen LogP) is 6.10. The minimum Gasteiger partial charge on any atom is -0.270 e. The lowest BCUT2D eigenvalue weighted by Crippen LogP contribution is -2.00. The van der Waals surface area contributed by atoms with E-state index in [1.54, 1.807) is 12.1 Å². The van der Waals surface area contributed by atoms with Gasteiger partial charge in [0.1, 0.15) is 0 Å². The number of hydrogen-bond donors (Lipinski definition) is 0. The maximum Gasteiger partial charge on any atom is 0.269 e. The molecule has 4 rings (SSSR count). The quantitative estimate of drug-likeness (QED) is 0.207. The first kappa shape index (κ1) is 20.1. The fourth-order valence-corrected chi connectivity index (χ4v) is 4.00. The van der Waals surface area contributed by atoms with E-state index in [0.717, 1.165) is 22.4 Å². The van der Waals surface area contributed by atoms with Crippen LogP contribution in [0.15, 0.2) is 78.0 Å². The molecule has 0 aliphatic rings. The molecule has 3 aromatic carbocycles. The third kappa shape index (κ3) is 4.37. The topological polar surface area (TPSA) is 73.8 Å². The van der Waals surface area contributed by atoms with Crippen LogP contribution in [0.1, 0.15) is 11.1 Å². The molecule has 150 valence electrons. The van der Waals surface area contributed by atoms with E-state index < -0.39 is 0 Å². The Kier molecular flexibility index (Phi) is 5.83. The molecule has 0 saturated heterocycles. The summed E-state index contributed by atoms with van der Waals surface area (Å²) in [6, 6.07) is 22.2. The van der Waals surface area contributed by atoms with E-state index in [1.165, 1.54) is 17.8 Å². The minimum atomic E-state index is -0.387. The number of nitro benzene ring substituents is 1. The summed E-state index contributed by atoms with van der Waals surface area (Å²) in [5.74, 6) is 1.24. The van der Waals surface area contributed by atoms with Gasteiger partial charge in [0.05, 0.1) is 4.92 Å². The van der Waals surface area contributed by atoms with Crippen LogP contribution in [0.5, 0.6) is 0 Å². The van der Waals surface area contributed by atoms with Gasteiger partial charge in [-0.3, -0.25) is 14.7 Å². The fourth-order valence-electron chi connectivity index (χ4n) is 2.98. The first-order valence-electron chi connectivity index (χ1n) is 9.16. The van der Waals surface area contributed by atoms with Gasteiger partial charge in [-0.05, 0) is 48.9 Å². The summed E-state index contributed by atoms with van der Waals surface area (Å²) >= 11 is 7.52. The van der Waals surface area contributed by atoms with Gasteiger partial charge >= 0.3 is 0 Å². The van der Waals surface area contributed by atoms with Crippen molar-refractivity contribution in [1.82, 2.24) is 14.8 Å². The molecule has 1 heterocycles. The van der Waals surface area contributed by atoms with Gasteiger partial charge < -0.3 is 0 Å². The van der Waals surface area contributed by atoms with E-state index in [9.17, 15) is 10.1 Å². The largest absolute Gasteiger partial charge is 0.270 e. The number of thioether (sulfide) groups is 1. The molecule has 4 aromatic rings. The monoisotopic (exact) mass is 436 g/mol. The summed E-state index contributed by atoms with van der Waals surface area (Å²) in [5, 5.41) is 21.2. The molecule has 0 atom stereocenters. The molecular formula is C22H17ClN4O2S. The fraction of sp³-hybridized carbons (Fsp3) is 0.0909. The number of nitrogens with zero attached hydrogens (tertiary/aromatic N) is 4. The SMILES string of the molecule is Cc1ccc(-n2c(SCc3cccc([N+](=O)[O-])c3)nnc2-c2ccc(Cl)cc2)cc1. The van der Waals surface area contributed by atoms with E-state index in [4.69, 9.17) is 11.6 Å². The van der Waals surface area contributed by atoms with Crippen LogP contribution in [0.4, 0.5) is 5.69 Å². The molecular weight excluding hydrogens is 420 g/mol. The maximum absolute atomic E-state index is 11.0. The molecule has 0 amide bonds. The Bertz CT molecular complexity index is 1190. The van der Waals surface area contributed by atoms with Gasteiger partial charge in [-0.15, -0.1) is 10.2 Å². The Hall–Kier alpha value is -3.16. The molecule has 0 bridgehead atoms. The van der Waals surface area contributed by atoms with Gasteiger partial charge in [-0.2, -0.15) is 0 Å². The molecule has 30 heavy (non-hydrogen) atoms. The zero-order chi connectivity index (χ0) is 21.1. The molecule has 0 aliphatic heterocycles. The van der Waals surface area contributed by atoms with E-state index >= 15 is 0 Å². The highest BCUT2D eigenvalue weighted by atomic mass is 35.5. The number of aromatic nitrogens is 3. The standard InChI is InChI=1S/C22H17ClN4O2S/c1-15-5-11-19(12-6-15)26-21(17-7-9-18(23)10-8-17)24-25-22(26)30-14-16-3-2-4-20(13-16)27(28)29/h2-13H,14H2,1H3. The summed E-state index contributed by atoms with van der Waals surface area (Å²) in [6.07, 6.45) is 0. The second-order valence-corrected chi connectivity index (χ2v) is 8.08. The van der Waals surface area contributed by atoms with Gasteiger partial charge in [-0.25, -0.2) is 0 Å². The van der Waals surface area contributed by atoms with Gasteiger partial charge in [0.25, 0.3) is 5.69 Å². The first-order valence-corrected chi connectivity index (χ1v) is 10.5. The minimum absolute atomic E-state index is 0.0787. The van der Waals surface area contributed by atoms with Crippen molar-refractivity contribution >= 4 is 29.1 Å². The Morgan fingerprint density at radius 3 is 2.47 bits per heavy atom. The molecule has 0 fully saturated rings. The van der Waals surface area contributed by atoms with Crippen LogP contribution >= 0.6 is 23.4 Å². The molecule has 0 radical (unpaired) electrons. The van der Waals surface area contributed by atoms with Crippen molar-refractivity contribution in [2.45, 2.75) is 17.8 Å². The molecule has 6 nitrogen and oxygen atoms in total. The van der Waals surface area contributed by atoms with Crippen molar-refractivity contribution in [3.8, 4) is 17.1 Å². The number of rotatable bonds is 6. The predicted molar refractivity (Wildman–Crippen MR) is 119 cm³/mol. The van der Waals surface area contributed by atoms with Crippen LogP contribution in [0.25, 0.3) is 17.1 Å². The zero-order valence-electron chi connectivity index (χ0n) is 16.0. The number of aryl methyl sites for hydroxylation is 1. The number of non-ortho nitro benzene ring substituents is 1. The van der Waals surface area contributed by atoms with Crippen molar-refractivity contribution < 1.29 is 4.92 Å². The van der Waals surface area contributed by atoms with Crippen molar-refractivity contribution in [3.05, 3.63) is 99.1 Å². The summed E-state index contributed by atoms with van der Waals surface area (Å²) < 4.78 is 1.99. The zero-order valence-corrected chi connectivity index (χ0v) is 17.6. The summed E-state index contributed by atoms with van der Waals surface area (Å²) in [4.78, 5) is 10.7. The summed E-state index contributed by atoms with van der Waals surface area (Å²) in [7, 11) is 0. The van der Waals surface area contributed by atoms with Gasteiger partial charge in [-0.1, -0.05) is 53.2 Å². The third-order valence-electron chi connectivity index (χ3n) is 4.52. The molecule has 0 unspecified atom stereocenters. The smallest absolute Gasteiger partial charge is 0.269 e. The average Bonchev–Trinajstić information content (AvgIpc) is 3.17. The van der Waals surface area contributed by atoms with Crippen LogP contribution in [0, 0.1) is 17.0 Å². The van der Waals surface area contributed by atoms with Crippen molar-refractivity contribution in [2.24, 2.45) is 0 Å². The van der Waals surface area contributed by atoms with Crippen LogP contribution in [0.2, 0.25) is 5.02 Å². The van der Waals surface area contributed by atoms with Crippen molar-refractivity contribution in [3.63, 3.8) is 0 Å². The van der Waals surface area contributed by atoms with Gasteiger partial charge in [0.2, 0.25) is 0 Å². The lowest BCUT2D eigenvalue weighted by molar-refractivity contribution is -0.384. The Morgan fingerprint density at radius 1 is 1.03 bits per heavy atom. The lowest BCUT2D eigenvalue weighted by atomic mass is 10.2. The highest BCUT2D eigenvalue weighted by molar-refractivity contribution is 7.98. The van der Waals surface area contributed by atoms with E-state index in [-0.39, 0.29) is 10.6 Å². The van der Waals surface area contributed by atoms with E-state index in [2.05, 4.69) is 10.2 Å². The Morgan fingerprint density at radius 2 is 1.77 bits per heavy atom. The van der Waals surface area contributed by atoms with E-state index in [1.807, 2.05) is 66.1 Å². The van der Waals surface area contributed by atoms with E-state index in [0.29, 0.717) is 21.8 Å². The number of halogens is 1. The molecule has 0 N–H and O–H groups in total. The van der Waals surface area contributed by atoms with Crippen molar-refractivity contribution in [1.29, 1.82) is 0 Å². The first-order chi connectivity index (χ1) is 14.5. The highest BCUT2D eigenvalue weighted by Gasteiger charge is 2.17. The van der Waals surface area contributed by atoms with Crippen LogP contribution in [-0.2, 0) is 5.75 Å². The second kappa shape index (κ2) is 8.69. The highest BCUT2D eigenvalue weighted by Crippen LogP contribution is 2.31. The molecule has 0 spiro atoms. The molecule has 1 aromatic heterocycles. The molecule has 8 heteroatoms. The van der Waals surface area contributed by atoms with Gasteiger partial charge in [0, 0.05) is 34.2 Å². The Balaban J connectivity index is 1.70. The summed E-state index contributed by atoms with van der Waals surface area (Å²) in [6.45, 7) is 2.04. The second-order valence-electron chi connectivity index (χ2n) is 6.70. The third-order valence-corrected chi connectivity index (χ3v) is 5.77. The van der Waals surface area contributed by atoms with Crippen LogP contribution < -0.4 is 0 Å². The number of benzene rings is 3. The van der Waals surface area contributed by atoms with Crippen LogP contribution in [-0.4, -0.2) is 19.7 Å². The lowest BCUT2D eigenvalue weighted by Gasteiger charge is -2.11. The maximum atomic E-state index is 11.0. The van der Waals surface area contributed by atoms with Crippen molar-refractivity contribution in [2.75, 3.05) is 0 Å². The number of hydrogen-bond acceptors (Lipinski definition) is 5. The average molecular weight is 437 g/mol. The molecule has 0 saturated carbocycles. The number of nitro groups is 1. The Labute approximate surface area is 182 Å².